The van der Waals surface area contributed by atoms with Gasteiger partial charge in [-0.1, -0.05) is 0 Å². The zero-order valence-electron chi connectivity index (χ0n) is 17.6. The predicted octanol–water partition coefficient (Wildman–Crippen LogP) is 3.41. The smallest absolute Gasteiger partial charge is 0.357 e. The van der Waals surface area contributed by atoms with Gasteiger partial charge in [0.05, 0.1) is 33.6 Å². The fourth-order valence-corrected chi connectivity index (χ4v) is 3.37. The van der Waals surface area contributed by atoms with Crippen molar-refractivity contribution in [2.24, 2.45) is 0 Å². The first-order chi connectivity index (χ1) is 14.5. The second-order valence-corrected chi connectivity index (χ2v) is 7.03. The van der Waals surface area contributed by atoms with Crippen LogP contribution in [0.3, 0.4) is 0 Å². The third-order valence-electron chi connectivity index (χ3n) is 4.13. The normalized spacial score (nSPS) is 10.4. The Kier molecular flexibility index (Phi) is 9.36. The maximum Gasteiger partial charge on any atom is 0.357 e. The first-order valence-corrected chi connectivity index (χ1v) is 10.3. The van der Waals surface area contributed by atoms with Gasteiger partial charge in [0.1, 0.15) is 16.5 Å². The molecule has 1 aromatic carbocycles. The van der Waals surface area contributed by atoms with E-state index in [4.69, 9.17) is 14.2 Å². The molecular formula is C20H27N3O6S. The lowest BCUT2D eigenvalue weighted by molar-refractivity contribution is 0.0594. The van der Waals surface area contributed by atoms with Gasteiger partial charge in [-0.3, -0.25) is 0 Å². The molecule has 10 heteroatoms. The van der Waals surface area contributed by atoms with E-state index in [9.17, 15) is 9.59 Å². The number of hydrogen-bond donors (Lipinski definition) is 1. The van der Waals surface area contributed by atoms with E-state index in [-0.39, 0.29) is 18.3 Å². The molecule has 0 unspecified atom stereocenters. The van der Waals surface area contributed by atoms with Gasteiger partial charge in [0.25, 0.3) is 0 Å². The molecule has 0 fully saturated rings. The molecule has 0 spiro atoms. The minimum atomic E-state index is -0.507. The predicted molar refractivity (Wildman–Crippen MR) is 114 cm³/mol. The minimum Gasteiger partial charge on any atom is -0.497 e. The van der Waals surface area contributed by atoms with Gasteiger partial charge in [0.2, 0.25) is 0 Å². The highest BCUT2D eigenvalue weighted by molar-refractivity contribution is 7.09. The summed E-state index contributed by atoms with van der Waals surface area (Å²) in [6, 6.07) is 4.83. The van der Waals surface area contributed by atoms with Crippen molar-refractivity contribution in [3.05, 3.63) is 34.3 Å². The average molecular weight is 438 g/mol. The van der Waals surface area contributed by atoms with Crippen molar-refractivity contribution in [2.75, 3.05) is 46.4 Å². The Morgan fingerprint density at radius 2 is 2.00 bits per heavy atom. The zero-order chi connectivity index (χ0) is 21.9. The number of hydrogen-bond acceptors (Lipinski definition) is 8. The summed E-state index contributed by atoms with van der Waals surface area (Å²) in [5.41, 5.74) is 0.747. The Balaban J connectivity index is 2.13. The highest BCUT2D eigenvalue weighted by atomic mass is 32.1. The number of ether oxygens (including phenoxy) is 4. The van der Waals surface area contributed by atoms with Gasteiger partial charge in [-0.25, -0.2) is 14.6 Å². The third-order valence-corrected chi connectivity index (χ3v) is 4.96. The summed E-state index contributed by atoms with van der Waals surface area (Å²) in [6.45, 7) is 3.78. The number of carbonyl (C=O) groups is 2. The number of aromatic nitrogens is 1. The van der Waals surface area contributed by atoms with Crippen molar-refractivity contribution >= 4 is 29.0 Å². The fraction of sp³-hybridized carbons (Fsp3) is 0.450. The second kappa shape index (κ2) is 12.0. The highest BCUT2D eigenvalue weighted by Gasteiger charge is 2.19. The highest BCUT2D eigenvalue weighted by Crippen LogP contribution is 2.29. The Hall–Kier alpha value is -2.85. The molecule has 0 aliphatic rings. The van der Waals surface area contributed by atoms with Crippen LogP contribution < -0.4 is 14.8 Å². The average Bonchev–Trinajstić information content (AvgIpc) is 3.24. The molecule has 0 bridgehead atoms. The lowest BCUT2D eigenvalue weighted by Crippen LogP contribution is -2.35. The standard InChI is InChI=1S/C20H27N3O6S/c1-5-29-10-6-9-23(12-18-21-16(13-30-18)19(24)28-4)20(25)22-15-8-7-14(26-2)11-17(15)27-3/h7-8,11,13H,5-6,9-10,12H2,1-4H3,(H,22,25). The largest absolute Gasteiger partial charge is 0.497 e. The molecule has 0 aliphatic heterocycles. The Bertz CT molecular complexity index is 842. The Morgan fingerprint density at radius 3 is 2.67 bits per heavy atom. The van der Waals surface area contributed by atoms with Crippen molar-refractivity contribution in [1.82, 2.24) is 9.88 Å². The van der Waals surface area contributed by atoms with Crippen LogP contribution >= 0.6 is 11.3 Å². The number of rotatable bonds is 11. The summed E-state index contributed by atoms with van der Waals surface area (Å²) < 4.78 is 20.6. The van der Waals surface area contributed by atoms with E-state index < -0.39 is 5.97 Å². The summed E-state index contributed by atoms with van der Waals surface area (Å²) in [7, 11) is 4.38. The van der Waals surface area contributed by atoms with Gasteiger partial charge in [-0.2, -0.15) is 0 Å². The van der Waals surface area contributed by atoms with E-state index >= 15 is 0 Å². The van der Waals surface area contributed by atoms with Crippen LogP contribution in [0.1, 0.15) is 28.8 Å². The molecule has 30 heavy (non-hydrogen) atoms. The van der Waals surface area contributed by atoms with Gasteiger partial charge < -0.3 is 29.2 Å². The number of nitrogens with zero attached hydrogens (tertiary/aromatic N) is 2. The summed E-state index contributed by atoms with van der Waals surface area (Å²) in [5.74, 6) is 0.601. The van der Waals surface area contributed by atoms with E-state index in [1.165, 1.54) is 25.6 Å². The number of carbonyl (C=O) groups excluding carboxylic acids is 2. The lowest BCUT2D eigenvalue weighted by Gasteiger charge is -2.23. The number of nitrogens with one attached hydrogen (secondary N) is 1. The van der Waals surface area contributed by atoms with E-state index in [1.807, 2.05) is 6.92 Å². The topological polar surface area (TPSA) is 99.2 Å². The summed E-state index contributed by atoms with van der Waals surface area (Å²) >= 11 is 1.30. The Labute approximate surface area is 179 Å². The summed E-state index contributed by atoms with van der Waals surface area (Å²) in [4.78, 5) is 30.5. The van der Waals surface area contributed by atoms with E-state index in [0.717, 1.165) is 0 Å². The number of methoxy groups -OCH3 is 3. The van der Waals surface area contributed by atoms with E-state index in [2.05, 4.69) is 15.0 Å². The van der Waals surface area contributed by atoms with E-state index in [0.29, 0.717) is 48.4 Å². The van der Waals surface area contributed by atoms with Crippen molar-refractivity contribution in [3.8, 4) is 11.5 Å². The third kappa shape index (κ3) is 6.60. The number of anilines is 1. The van der Waals surface area contributed by atoms with Crippen LogP contribution in [0.5, 0.6) is 11.5 Å². The fourth-order valence-electron chi connectivity index (χ4n) is 2.60. The second-order valence-electron chi connectivity index (χ2n) is 6.09. The van der Waals surface area contributed by atoms with Crippen LogP contribution in [-0.4, -0.2) is 63.0 Å². The molecule has 1 heterocycles. The number of thiazole rings is 1. The van der Waals surface area contributed by atoms with Crippen LogP contribution in [0.15, 0.2) is 23.6 Å². The van der Waals surface area contributed by atoms with Crippen LogP contribution in [0.4, 0.5) is 10.5 Å². The molecule has 1 aromatic heterocycles. The molecule has 0 radical (unpaired) electrons. The van der Waals surface area contributed by atoms with Crippen molar-refractivity contribution < 1.29 is 28.5 Å². The van der Waals surface area contributed by atoms with Crippen molar-refractivity contribution in [1.29, 1.82) is 0 Å². The molecule has 0 atom stereocenters. The van der Waals surface area contributed by atoms with Gasteiger partial charge >= 0.3 is 12.0 Å². The molecule has 9 nitrogen and oxygen atoms in total. The molecule has 164 valence electrons. The number of benzene rings is 1. The Morgan fingerprint density at radius 1 is 1.20 bits per heavy atom. The molecule has 0 saturated carbocycles. The summed E-state index contributed by atoms with van der Waals surface area (Å²) in [5, 5.41) is 5.11. The van der Waals surface area contributed by atoms with Crippen LogP contribution in [0.25, 0.3) is 0 Å². The van der Waals surface area contributed by atoms with Gasteiger partial charge in [0.15, 0.2) is 5.69 Å². The van der Waals surface area contributed by atoms with Gasteiger partial charge in [-0.05, 0) is 25.5 Å². The van der Waals surface area contributed by atoms with Gasteiger partial charge in [-0.15, -0.1) is 11.3 Å². The maximum atomic E-state index is 13.0. The van der Waals surface area contributed by atoms with Crippen molar-refractivity contribution in [3.63, 3.8) is 0 Å². The SMILES string of the molecule is CCOCCCN(Cc1nc(C(=O)OC)cs1)C(=O)Nc1ccc(OC)cc1OC. The zero-order valence-corrected chi connectivity index (χ0v) is 18.4. The first-order valence-electron chi connectivity index (χ1n) is 9.40. The molecule has 1 N–H and O–H groups in total. The maximum absolute atomic E-state index is 13.0. The van der Waals surface area contributed by atoms with Crippen molar-refractivity contribution in [2.45, 2.75) is 19.9 Å². The number of urea groups is 1. The number of esters is 1. The molecule has 2 amide bonds. The van der Waals surface area contributed by atoms with Crippen LogP contribution in [-0.2, 0) is 16.0 Å². The molecule has 0 aliphatic carbocycles. The van der Waals surface area contributed by atoms with Crippen LogP contribution in [0.2, 0.25) is 0 Å². The summed E-state index contributed by atoms with van der Waals surface area (Å²) in [6.07, 6.45) is 0.663. The molecule has 2 rings (SSSR count). The molecular weight excluding hydrogens is 410 g/mol. The van der Waals surface area contributed by atoms with Crippen LogP contribution in [0, 0.1) is 0 Å². The first kappa shape index (κ1) is 23.4. The monoisotopic (exact) mass is 437 g/mol. The molecule has 2 aromatic rings. The quantitative estimate of drug-likeness (QED) is 0.425. The number of amides is 2. The molecule has 0 saturated heterocycles. The lowest BCUT2D eigenvalue weighted by atomic mass is 10.2. The minimum absolute atomic E-state index is 0.226. The van der Waals surface area contributed by atoms with Gasteiger partial charge in [0, 0.05) is 31.2 Å². The van der Waals surface area contributed by atoms with E-state index in [1.54, 1.807) is 35.6 Å².